The van der Waals surface area contributed by atoms with Crippen LogP contribution in [0.25, 0.3) is 0 Å². The lowest BCUT2D eigenvalue weighted by Gasteiger charge is -2.26. The second-order valence-electron chi connectivity index (χ2n) is 5.12. The van der Waals surface area contributed by atoms with Gasteiger partial charge in [-0.1, -0.05) is 32.1 Å². The van der Waals surface area contributed by atoms with Crippen LogP contribution in [0, 0.1) is 11.8 Å². The Morgan fingerprint density at radius 3 is 2.40 bits per heavy atom. The summed E-state index contributed by atoms with van der Waals surface area (Å²) in [5.41, 5.74) is 1.07. The number of hydrogen-bond donors (Lipinski definition) is 0. The van der Waals surface area contributed by atoms with E-state index in [1.807, 2.05) is 37.3 Å². The average Bonchev–Trinajstić information content (AvgIpc) is 2.48. The van der Waals surface area contributed by atoms with Crippen LogP contribution in [0.5, 0.6) is 5.75 Å². The van der Waals surface area contributed by atoms with E-state index < -0.39 is 0 Å². The molecule has 1 rings (SSSR count). The van der Waals surface area contributed by atoms with Gasteiger partial charge in [0, 0.05) is 5.92 Å². The molecule has 0 aliphatic heterocycles. The zero-order chi connectivity index (χ0) is 15.0. The quantitative estimate of drug-likeness (QED) is 0.510. The minimum atomic E-state index is -0.122. The minimum absolute atomic E-state index is 0.0902. The molecule has 0 aliphatic rings. The Labute approximate surface area is 121 Å². The van der Waals surface area contributed by atoms with Crippen molar-refractivity contribution >= 4 is 6.29 Å². The third-order valence-corrected chi connectivity index (χ3v) is 3.43. The van der Waals surface area contributed by atoms with Crippen LogP contribution in [0.1, 0.15) is 25.8 Å². The first-order chi connectivity index (χ1) is 9.62. The number of benzene rings is 1. The second-order valence-corrected chi connectivity index (χ2v) is 5.12. The van der Waals surface area contributed by atoms with E-state index in [2.05, 4.69) is 13.5 Å². The molecule has 0 heterocycles. The van der Waals surface area contributed by atoms with Crippen LogP contribution in [-0.2, 0) is 16.1 Å². The number of aldehydes is 1. The summed E-state index contributed by atoms with van der Waals surface area (Å²) in [5.74, 6) is 0.973. The molecule has 1 aromatic rings. The third-order valence-electron chi connectivity index (χ3n) is 3.43. The molecular formula is C17H24O3. The minimum Gasteiger partial charge on any atom is -0.497 e. The molecule has 0 unspecified atom stereocenters. The molecule has 20 heavy (non-hydrogen) atoms. The van der Waals surface area contributed by atoms with Gasteiger partial charge in [-0.2, -0.15) is 0 Å². The lowest BCUT2D eigenvalue weighted by Crippen LogP contribution is -2.29. The lowest BCUT2D eigenvalue weighted by atomic mass is 9.91. The van der Waals surface area contributed by atoms with E-state index in [-0.39, 0.29) is 17.9 Å². The molecule has 0 saturated carbocycles. The molecule has 0 fully saturated rings. The molecule has 0 N–H and O–H groups in total. The maximum absolute atomic E-state index is 11.0. The predicted octanol–water partition coefficient (Wildman–Crippen LogP) is 3.63. The summed E-state index contributed by atoms with van der Waals surface area (Å²) < 4.78 is 11.1. The van der Waals surface area contributed by atoms with Crippen molar-refractivity contribution < 1.29 is 14.3 Å². The Morgan fingerprint density at radius 2 is 1.90 bits per heavy atom. The standard InChI is InChI=1S/C17H24O3/c1-5-6-13(2)17(14(3)11-18)20-12-15-7-9-16(19-4)10-8-15/h5,7-11,13-14,17H,1,6,12H2,2-4H3/t13-,14-,17-/m0/s1. The van der Waals surface area contributed by atoms with Crippen LogP contribution in [0.2, 0.25) is 0 Å². The zero-order valence-corrected chi connectivity index (χ0v) is 12.5. The third kappa shape index (κ3) is 4.82. The van der Waals surface area contributed by atoms with Crippen LogP contribution >= 0.6 is 0 Å². The van der Waals surface area contributed by atoms with Gasteiger partial charge in [-0.3, -0.25) is 0 Å². The van der Waals surface area contributed by atoms with Crippen molar-refractivity contribution in [2.24, 2.45) is 11.8 Å². The highest BCUT2D eigenvalue weighted by Gasteiger charge is 2.23. The SMILES string of the molecule is C=CC[C@H](C)[C@H](OCc1ccc(OC)cc1)[C@@H](C)C=O. The van der Waals surface area contributed by atoms with Gasteiger partial charge in [0.1, 0.15) is 12.0 Å². The highest BCUT2D eigenvalue weighted by molar-refractivity contribution is 5.53. The summed E-state index contributed by atoms with van der Waals surface area (Å²) in [5, 5.41) is 0. The van der Waals surface area contributed by atoms with Gasteiger partial charge in [0.2, 0.25) is 0 Å². The lowest BCUT2D eigenvalue weighted by molar-refractivity contribution is -0.117. The molecule has 0 saturated heterocycles. The van der Waals surface area contributed by atoms with E-state index >= 15 is 0 Å². The Bertz CT molecular complexity index is 411. The Balaban J connectivity index is 2.64. The van der Waals surface area contributed by atoms with Gasteiger partial charge in [0.25, 0.3) is 0 Å². The van der Waals surface area contributed by atoms with Crippen molar-refractivity contribution in [3.05, 3.63) is 42.5 Å². The topological polar surface area (TPSA) is 35.5 Å². The van der Waals surface area contributed by atoms with Crippen molar-refractivity contribution in [2.45, 2.75) is 33.0 Å². The summed E-state index contributed by atoms with van der Waals surface area (Å²) in [4.78, 5) is 11.0. The summed E-state index contributed by atoms with van der Waals surface area (Å²) in [6, 6.07) is 7.76. The molecule has 0 aliphatic carbocycles. The van der Waals surface area contributed by atoms with E-state index in [9.17, 15) is 4.79 Å². The number of carbonyl (C=O) groups is 1. The maximum Gasteiger partial charge on any atom is 0.125 e. The molecular weight excluding hydrogens is 252 g/mol. The summed E-state index contributed by atoms with van der Waals surface area (Å²) in [6.45, 7) is 8.22. The van der Waals surface area contributed by atoms with Crippen LogP contribution < -0.4 is 4.74 Å². The first kappa shape index (κ1) is 16.4. The largest absolute Gasteiger partial charge is 0.497 e. The number of ether oxygens (including phenoxy) is 2. The maximum atomic E-state index is 11.0. The fourth-order valence-corrected chi connectivity index (χ4v) is 2.22. The first-order valence-electron chi connectivity index (χ1n) is 6.93. The summed E-state index contributed by atoms with van der Waals surface area (Å²) >= 11 is 0. The Morgan fingerprint density at radius 1 is 1.25 bits per heavy atom. The van der Waals surface area contributed by atoms with E-state index in [4.69, 9.17) is 9.47 Å². The number of rotatable bonds is 9. The summed E-state index contributed by atoms with van der Waals surface area (Å²) in [7, 11) is 1.64. The summed E-state index contributed by atoms with van der Waals surface area (Å²) in [6.07, 6.45) is 3.57. The zero-order valence-electron chi connectivity index (χ0n) is 12.5. The van der Waals surface area contributed by atoms with Crippen molar-refractivity contribution in [1.29, 1.82) is 0 Å². The normalized spacial score (nSPS) is 15.2. The van der Waals surface area contributed by atoms with Crippen LogP contribution in [0.3, 0.4) is 0 Å². The number of carbonyl (C=O) groups excluding carboxylic acids is 1. The van der Waals surface area contributed by atoms with Crippen LogP contribution in [-0.4, -0.2) is 19.5 Å². The fourth-order valence-electron chi connectivity index (χ4n) is 2.22. The fraction of sp³-hybridized carbons (Fsp3) is 0.471. The van der Waals surface area contributed by atoms with Gasteiger partial charge in [0.05, 0.1) is 19.8 Å². The van der Waals surface area contributed by atoms with Crippen molar-refractivity contribution in [3.8, 4) is 5.75 Å². The highest BCUT2D eigenvalue weighted by Crippen LogP contribution is 2.21. The molecule has 0 amide bonds. The van der Waals surface area contributed by atoms with Gasteiger partial charge >= 0.3 is 0 Å². The van der Waals surface area contributed by atoms with Gasteiger partial charge in [-0.15, -0.1) is 6.58 Å². The monoisotopic (exact) mass is 276 g/mol. The molecule has 110 valence electrons. The van der Waals surface area contributed by atoms with E-state index in [1.165, 1.54) is 0 Å². The second kappa shape index (κ2) is 8.54. The van der Waals surface area contributed by atoms with Crippen LogP contribution in [0.15, 0.2) is 36.9 Å². The smallest absolute Gasteiger partial charge is 0.125 e. The van der Waals surface area contributed by atoms with Gasteiger partial charge in [0.15, 0.2) is 0 Å². The molecule has 0 radical (unpaired) electrons. The molecule has 3 nitrogen and oxygen atoms in total. The van der Waals surface area contributed by atoms with Crippen molar-refractivity contribution in [2.75, 3.05) is 7.11 Å². The Kier molecular flexibility index (Phi) is 7.02. The molecule has 3 heteroatoms. The number of methoxy groups -OCH3 is 1. The highest BCUT2D eigenvalue weighted by atomic mass is 16.5. The van der Waals surface area contributed by atoms with Crippen molar-refractivity contribution in [1.82, 2.24) is 0 Å². The molecule has 0 aromatic heterocycles. The Hall–Kier alpha value is -1.61. The molecule has 0 spiro atoms. The van der Waals surface area contributed by atoms with E-state index in [1.54, 1.807) is 7.11 Å². The molecule has 1 aromatic carbocycles. The van der Waals surface area contributed by atoms with E-state index in [0.717, 1.165) is 24.0 Å². The van der Waals surface area contributed by atoms with Crippen LogP contribution in [0.4, 0.5) is 0 Å². The molecule has 3 atom stereocenters. The molecule has 0 bridgehead atoms. The van der Waals surface area contributed by atoms with Crippen molar-refractivity contribution in [3.63, 3.8) is 0 Å². The predicted molar refractivity (Wildman–Crippen MR) is 80.8 cm³/mol. The average molecular weight is 276 g/mol. The number of hydrogen-bond acceptors (Lipinski definition) is 3. The van der Waals surface area contributed by atoms with Gasteiger partial charge in [-0.25, -0.2) is 0 Å². The van der Waals surface area contributed by atoms with Gasteiger partial charge < -0.3 is 14.3 Å². The van der Waals surface area contributed by atoms with E-state index in [0.29, 0.717) is 6.61 Å². The first-order valence-corrected chi connectivity index (χ1v) is 6.93. The van der Waals surface area contributed by atoms with Gasteiger partial charge in [-0.05, 0) is 30.0 Å². The number of allylic oxidation sites excluding steroid dienone is 1.